The second-order valence-corrected chi connectivity index (χ2v) is 6.53. The molecule has 1 aromatic heterocycles. The third kappa shape index (κ3) is 2.99. The van der Waals surface area contributed by atoms with Gasteiger partial charge in [0.1, 0.15) is 16.8 Å². The van der Waals surface area contributed by atoms with Crippen LogP contribution in [0, 0.1) is 5.92 Å². The lowest BCUT2D eigenvalue weighted by Gasteiger charge is -2.18. The van der Waals surface area contributed by atoms with Crippen LogP contribution in [0.25, 0.3) is 11.0 Å². The first-order chi connectivity index (χ1) is 13.1. The van der Waals surface area contributed by atoms with Gasteiger partial charge in [0.25, 0.3) is 5.91 Å². The number of benzene rings is 2. The number of aliphatic carboxylic acids is 1. The molecule has 0 radical (unpaired) electrons. The summed E-state index contributed by atoms with van der Waals surface area (Å²) >= 11 is 0. The second kappa shape index (κ2) is 6.71. The van der Waals surface area contributed by atoms with Gasteiger partial charge in [0.15, 0.2) is 0 Å². The summed E-state index contributed by atoms with van der Waals surface area (Å²) in [6.45, 7) is 0.459. The van der Waals surface area contributed by atoms with E-state index in [-0.39, 0.29) is 18.4 Å². The predicted molar refractivity (Wildman–Crippen MR) is 96.7 cm³/mol. The van der Waals surface area contributed by atoms with E-state index >= 15 is 0 Å². The number of amides is 1. The topological polar surface area (TPSA) is 108 Å². The average Bonchev–Trinajstić information content (AvgIpc) is 3.33. The van der Waals surface area contributed by atoms with Crippen LogP contribution in [-0.4, -0.2) is 57.5 Å². The Morgan fingerprint density at radius 2 is 1.93 bits per heavy atom. The molecule has 2 unspecified atom stereocenters. The summed E-state index contributed by atoms with van der Waals surface area (Å²) in [7, 11) is 1.56. The molecular weight excluding hydrogens is 348 g/mol. The van der Waals surface area contributed by atoms with E-state index in [2.05, 4.69) is 15.4 Å². The van der Waals surface area contributed by atoms with Crippen molar-refractivity contribution in [3.63, 3.8) is 0 Å². The van der Waals surface area contributed by atoms with Crippen LogP contribution in [0.5, 0.6) is 5.75 Å². The average molecular weight is 366 g/mol. The molecule has 0 aliphatic carbocycles. The van der Waals surface area contributed by atoms with Crippen LogP contribution in [0.2, 0.25) is 0 Å². The van der Waals surface area contributed by atoms with E-state index in [0.717, 1.165) is 5.56 Å². The SMILES string of the molecule is COc1ccccc1C1CN(C(=O)c2ccc3n[nH]nc3c2)CC1C(=O)O. The molecule has 2 atom stereocenters. The van der Waals surface area contributed by atoms with Crippen molar-refractivity contribution in [2.75, 3.05) is 20.2 Å². The zero-order valence-electron chi connectivity index (χ0n) is 14.6. The van der Waals surface area contributed by atoms with Gasteiger partial charge in [-0.25, -0.2) is 0 Å². The number of carboxylic acid groups (broad SMARTS) is 1. The molecule has 2 heterocycles. The molecular formula is C19H18N4O4. The van der Waals surface area contributed by atoms with E-state index in [9.17, 15) is 14.7 Å². The van der Waals surface area contributed by atoms with E-state index in [1.807, 2.05) is 18.2 Å². The predicted octanol–water partition coefficient (Wildman–Crippen LogP) is 1.91. The second-order valence-electron chi connectivity index (χ2n) is 6.53. The summed E-state index contributed by atoms with van der Waals surface area (Å²) in [6, 6.07) is 12.4. The number of rotatable bonds is 4. The number of H-pyrrole nitrogens is 1. The lowest BCUT2D eigenvalue weighted by molar-refractivity contribution is -0.141. The lowest BCUT2D eigenvalue weighted by Crippen LogP contribution is -2.29. The number of hydrogen-bond donors (Lipinski definition) is 2. The molecule has 1 aliphatic rings. The molecule has 3 aromatic rings. The van der Waals surface area contributed by atoms with E-state index in [4.69, 9.17) is 4.74 Å². The Labute approximate surface area is 154 Å². The van der Waals surface area contributed by atoms with Gasteiger partial charge in [0.05, 0.1) is 13.0 Å². The molecule has 27 heavy (non-hydrogen) atoms. The summed E-state index contributed by atoms with van der Waals surface area (Å²) < 4.78 is 5.39. The van der Waals surface area contributed by atoms with E-state index in [1.165, 1.54) is 0 Å². The van der Waals surface area contributed by atoms with Gasteiger partial charge in [0, 0.05) is 24.6 Å². The van der Waals surface area contributed by atoms with Crippen LogP contribution in [0.15, 0.2) is 42.5 Å². The number of likely N-dealkylation sites (tertiary alicyclic amines) is 1. The highest BCUT2D eigenvalue weighted by molar-refractivity contribution is 5.97. The highest BCUT2D eigenvalue weighted by Gasteiger charge is 2.41. The number of carbonyl (C=O) groups is 2. The zero-order chi connectivity index (χ0) is 19.0. The molecule has 8 heteroatoms. The monoisotopic (exact) mass is 366 g/mol. The van der Waals surface area contributed by atoms with Crippen LogP contribution >= 0.6 is 0 Å². The number of nitrogens with one attached hydrogen (secondary N) is 1. The molecule has 0 spiro atoms. The summed E-state index contributed by atoms with van der Waals surface area (Å²) in [5, 5.41) is 20.2. The smallest absolute Gasteiger partial charge is 0.308 e. The Morgan fingerprint density at radius 3 is 2.70 bits per heavy atom. The Kier molecular flexibility index (Phi) is 4.23. The number of methoxy groups -OCH3 is 1. The summed E-state index contributed by atoms with van der Waals surface area (Å²) in [4.78, 5) is 26.4. The third-order valence-electron chi connectivity index (χ3n) is 5.03. The number of ether oxygens (including phenoxy) is 1. The van der Waals surface area contributed by atoms with Crippen LogP contribution in [0.1, 0.15) is 21.8 Å². The number of hydrogen-bond acceptors (Lipinski definition) is 5. The number of aromatic amines is 1. The molecule has 1 amide bonds. The minimum absolute atomic E-state index is 0.147. The van der Waals surface area contributed by atoms with E-state index in [1.54, 1.807) is 36.3 Å². The van der Waals surface area contributed by atoms with E-state index in [0.29, 0.717) is 28.9 Å². The number of carbonyl (C=O) groups excluding carboxylic acids is 1. The molecule has 1 aliphatic heterocycles. The van der Waals surface area contributed by atoms with Crippen molar-refractivity contribution in [3.05, 3.63) is 53.6 Å². The Balaban J connectivity index is 1.64. The fourth-order valence-electron chi connectivity index (χ4n) is 3.66. The highest BCUT2D eigenvalue weighted by Crippen LogP contribution is 2.38. The minimum atomic E-state index is -0.923. The van der Waals surface area contributed by atoms with Crippen molar-refractivity contribution in [1.82, 2.24) is 20.3 Å². The minimum Gasteiger partial charge on any atom is -0.496 e. The Hall–Kier alpha value is -3.42. The molecule has 2 aromatic carbocycles. The maximum atomic E-state index is 13.0. The summed E-state index contributed by atoms with van der Waals surface area (Å²) in [5.41, 5.74) is 2.52. The van der Waals surface area contributed by atoms with Crippen molar-refractivity contribution in [1.29, 1.82) is 0 Å². The molecule has 138 valence electrons. The highest BCUT2D eigenvalue weighted by atomic mass is 16.5. The largest absolute Gasteiger partial charge is 0.496 e. The van der Waals surface area contributed by atoms with Crippen LogP contribution in [0.3, 0.4) is 0 Å². The van der Waals surface area contributed by atoms with Crippen LogP contribution in [-0.2, 0) is 4.79 Å². The first-order valence-electron chi connectivity index (χ1n) is 8.54. The third-order valence-corrected chi connectivity index (χ3v) is 5.03. The van der Waals surface area contributed by atoms with Crippen molar-refractivity contribution >= 4 is 22.9 Å². The van der Waals surface area contributed by atoms with Gasteiger partial charge in [-0.3, -0.25) is 9.59 Å². The van der Waals surface area contributed by atoms with Gasteiger partial charge in [0.2, 0.25) is 0 Å². The van der Waals surface area contributed by atoms with Crippen LogP contribution < -0.4 is 4.74 Å². The van der Waals surface area contributed by atoms with Crippen molar-refractivity contribution < 1.29 is 19.4 Å². The number of carboxylic acids is 1. The van der Waals surface area contributed by atoms with E-state index < -0.39 is 11.9 Å². The number of nitrogens with zero attached hydrogens (tertiary/aromatic N) is 3. The molecule has 4 rings (SSSR count). The first-order valence-corrected chi connectivity index (χ1v) is 8.54. The quantitative estimate of drug-likeness (QED) is 0.730. The molecule has 1 fully saturated rings. The standard InChI is InChI=1S/C19H18N4O4/c1-27-17-5-3-2-4-12(17)13-9-23(10-14(13)19(25)26)18(24)11-6-7-15-16(8-11)21-22-20-15/h2-8,13-14H,9-10H2,1H3,(H,25,26)(H,20,21,22). The molecule has 0 bridgehead atoms. The Morgan fingerprint density at radius 1 is 1.15 bits per heavy atom. The maximum Gasteiger partial charge on any atom is 0.308 e. The summed E-state index contributed by atoms with van der Waals surface area (Å²) in [5.74, 6) is -1.54. The number of para-hydroxylation sites is 1. The summed E-state index contributed by atoms with van der Waals surface area (Å²) in [6.07, 6.45) is 0. The zero-order valence-corrected chi connectivity index (χ0v) is 14.6. The normalized spacial score (nSPS) is 19.4. The molecule has 8 nitrogen and oxygen atoms in total. The van der Waals surface area contributed by atoms with Gasteiger partial charge < -0.3 is 14.7 Å². The van der Waals surface area contributed by atoms with Gasteiger partial charge in [-0.15, -0.1) is 0 Å². The van der Waals surface area contributed by atoms with Gasteiger partial charge in [-0.2, -0.15) is 15.4 Å². The van der Waals surface area contributed by atoms with Gasteiger partial charge >= 0.3 is 5.97 Å². The number of fused-ring (bicyclic) bond motifs is 1. The fraction of sp³-hybridized carbons (Fsp3) is 0.263. The molecule has 1 saturated heterocycles. The van der Waals surface area contributed by atoms with Gasteiger partial charge in [-0.1, -0.05) is 18.2 Å². The van der Waals surface area contributed by atoms with Crippen molar-refractivity contribution in [3.8, 4) is 5.75 Å². The fourth-order valence-corrected chi connectivity index (χ4v) is 3.66. The lowest BCUT2D eigenvalue weighted by atomic mass is 9.88. The molecule has 2 N–H and O–H groups in total. The molecule has 0 saturated carbocycles. The Bertz CT molecular complexity index is 1020. The number of aromatic nitrogens is 3. The maximum absolute atomic E-state index is 13.0. The van der Waals surface area contributed by atoms with Gasteiger partial charge in [-0.05, 0) is 29.8 Å². The van der Waals surface area contributed by atoms with Crippen molar-refractivity contribution in [2.45, 2.75) is 5.92 Å². The van der Waals surface area contributed by atoms with Crippen LogP contribution in [0.4, 0.5) is 0 Å². The first kappa shape index (κ1) is 17.0. The van der Waals surface area contributed by atoms with Crippen molar-refractivity contribution in [2.24, 2.45) is 5.92 Å².